The van der Waals surface area contributed by atoms with Crippen LogP contribution in [0.1, 0.15) is 25.0 Å². The van der Waals surface area contributed by atoms with E-state index in [-0.39, 0.29) is 4.75 Å². The highest BCUT2D eigenvalue weighted by atomic mass is 32.2. The van der Waals surface area contributed by atoms with Crippen LogP contribution in [0.3, 0.4) is 0 Å². The number of hydrogen-bond donors (Lipinski definition) is 0. The van der Waals surface area contributed by atoms with Crippen LogP contribution in [0.5, 0.6) is 0 Å². The first-order chi connectivity index (χ1) is 6.44. The lowest BCUT2D eigenvalue weighted by Crippen LogP contribution is -2.10. The molecule has 0 saturated carbocycles. The van der Waals surface area contributed by atoms with Gasteiger partial charge in [-0.25, -0.2) is 0 Å². The quantitative estimate of drug-likeness (QED) is 0.687. The first-order valence-corrected chi connectivity index (χ1v) is 5.44. The molecule has 0 N–H and O–H groups in total. The Labute approximate surface area is 90.1 Å². The number of thioether (sulfide) groups is 1. The van der Waals surface area contributed by atoms with Crippen molar-refractivity contribution in [3.63, 3.8) is 0 Å². The molecule has 0 unspecified atom stereocenters. The second-order valence-corrected chi connectivity index (χ2v) is 5.66. The second-order valence-electron chi connectivity index (χ2n) is 3.99. The summed E-state index contributed by atoms with van der Waals surface area (Å²) in [7, 11) is 0. The van der Waals surface area contributed by atoms with Gasteiger partial charge in [0.25, 0.3) is 0 Å². The van der Waals surface area contributed by atoms with Gasteiger partial charge in [0.1, 0.15) is 4.75 Å². The molecule has 0 heterocycles. The van der Waals surface area contributed by atoms with Gasteiger partial charge >= 0.3 is 0 Å². The van der Waals surface area contributed by atoms with E-state index in [2.05, 4.69) is 38.1 Å². The summed E-state index contributed by atoms with van der Waals surface area (Å²) in [5.41, 5.74) is 2.51. The third kappa shape index (κ3) is 2.78. The Bertz CT molecular complexity index is 374. The van der Waals surface area contributed by atoms with Crippen LogP contribution in [-0.2, 0) is 0 Å². The van der Waals surface area contributed by atoms with Gasteiger partial charge in [0.15, 0.2) is 0 Å². The summed E-state index contributed by atoms with van der Waals surface area (Å²) in [4.78, 5) is 1.20. The minimum atomic E-state index is -0.347. The molecule has 0 atom stereocenters. The molecule has 1 aromatic rings. The van der Waals surface area contributed by atoms with Gasteiger partial charge in [0.2, 0.25) is 0 Å². The first kappa shape index (κ1) is 11.1. The smallest absolute Gasteiger partial charge is 0.101 e. The van der Waals surface area contributed by atoms with Crippen molar-refractivity contribution in [1.29, 1.82) is 5.26 Å². The molecule has 0 aliphatic rings. The van der Waals surface area contributed by atoms with Crippen LogP contribution in [0.25, 0.3) is 0 Å². The second kappa shape index (κ2) is 4.06. The molecule has 0 aromatic heterocycles. The van der Waals surface area contributed by atoms with Crippen molar-refractivity contribution < 1.29 is 0 Å². The molecule has 14 heavy (non-hydrogen) atoms. The number of rotatable bonds is 2. The molecular weight excluding hydrogens is 190 g/mol. The third-order valence-corrected chi connectivity index (χ3v) is 3.24. The van der Waals surface area contributed by atoms with Gasteiger partial charge in [-0.15, -0.1) is 11.8 Å². The van der Waals surface area contributed by atoms with E-state index in [1.807, 2.05) is 13.8 Å². The van der Waals surface area contributed by atoms with E-state index < -0.39 is 0 Å². The Hall–Kier alpha value is -0.940. The van der Waals surface area contributed by atoms with E-state index >= 15 is 0 Å². The number of aryl methyl sites for hydroxylation is 2. The molecule has 0 radical (unpaired) electrons. The summed E-state index contributed by atoms with van der Waals surface area (Å²) < 4.78 is -0.347. The summed E-state index contributed by atoms with van der Waals surface area (Å²) in [6, 6.07) is 8.62. The Balaban J connectivity index is 2.94. The van der Waals surface area contributed by atoms with Crippen LogP contribution < -0.4 is 0 Å². The van der Waals surface area contributed by atoms with E-state index in [9.17, 15) is 0 Å². The zero-order valence-corrected chi connectivity index (χ0v) is 9.90. The summed E-state index contributed by atoms with van der Waals surface area (Å²) in [5.74, 6) is 0. The molecule has 74 valence electrons. The third-order valence-electron chi connectivity index (χ3n) is 1.96. The fraction of sp³-hybridized carbons (Fsp3) is 0.417. The average molecular weight is 205 g/mol. The van der Waals surface area contributed by atoms with Crippen molar-refractivity contribution in [2.24, 2.45) is 0 Å². The van der Waals surface area contributed by atoms with E-state index in [4.69, 9.17) is 5.26 Å². The number of benzene rings is 1. The Morgan fingerprint density at radius 2 is 1.93 bits per heavy atom. The molecule has 0 spiro atoms. The molecule has 0 fully saturated rings. The van der Waals surface area contributed by atoms with Gasteiger partial charge in [-0.2, -0.15) is 5.26 Å². The van der Waals surface area contributed by atoms with Crippen molar-refractivity contribution in [3.05, 3.63) is 29.3 Å². The first-order valence-electron chi connectivity index (χ1n) is 4.62. The minimum absolute atomic E-state index is 0.347. The fourth-order valence-electron chi connectivity index (χ4n) is 1.21. The lowest BCUT2D eigenvalue weighted by atomic mass is 10.2. The van der Waals surface area contributed by atoms with Crippen molar-refractivity contribution in [3.8, 4) is 6.07 Å². The van der Waals surface area contributed by atoms with Crippen LogP contribution >= 0.6 is 11.8 Å². The molecule has 1 nitrogen and oxygen atoms in total. The Morgan fingerprint density at radius 1 is 1.29 bits per heavy atom. The van der Waals surface area contributed by atoms with Crippen LogP contribution in [0.2, 0.25) is 0 Å². The highest BCUT2D eigenvalue weighted by Crippen LogP contribution is 2.33. The lowest BCUT2D eigenvalue weighted by molar-refractivity contribution is 0.911. The molecule has 2 heteroatoms. The molecule has 1 rings (SSSR count). The maximum Gasteiger partial charge on any atom is 0.101 e. The molecule has 1 aromatic carbocycles. The van der Waals surface area contributed by atoms with Crippen molar-refractivity contribution in [2.75, 3.05) is 0 Å². The zero-order chi connectivity index (χ0) is 10.8. The highest BCUT2D eigenvalue weighted by Gasteiger charge is 2.18. The summed E-state index contributed by atoms with van der Waals surface area (Å²) in [6.07, 6.45) is 0. The van der Waals surface area contributed by atoms with Crippen molar-refractivity contribution in [2.45, 2.75) is 37.3 Å². The molecule has 0 aliphatic heterocycles. The molecule has 0 bridgehead atoms. The van der Waals surface area contributed by atoms with E-state index in [0.717, 1.165) is 0 Å². The maximum atomic E-state index is 8.93. The predicted molar refractivity (Wildman–Crippen MR) is 61.5 cm³/mol. The minimum Gasteiger partial charge on any atom is -0.197 e. The van der Waals surface area contributed by atoms with Gasteiger partial charge in [0.05, 0.1) is 6.07 Å². The number of nitrogens with zero attached hydrogens (tertiary/aromatic N) is 1. The van der Waals surface area contributed by atoms with E-state index in [1.54, 1.807) is 11.8 Å². The summed E-state index contributed by atoms with van der Waals surface area (Å²) in [5, 5.41) is 8.93. The van der Waals surface area contributed by atoms with Gasteiger partial charge in [-0.05, 0) is 39.3 Å². The predicted octanol–water partition coefficient (Wildman–Crippen LogP) is 3.70. The summed E-state index contributed by atoms with van der Waals surface area (Å²) >= 11 is 1.62. The number of nitriles is 1. The molecule has 0 saturated heterocycles. The number of hydrogen-bond acceptors (Lipinski definition) is 2. The van der Waals surface area contributed by atoms with Gasteiger partial charge < -0.3 is 0 Å². The molecule has 0 amide bonds. The fourth-order valence-corrected chi connectivity index (χ4v) is 2.16. The molecular formula is C12H15NS. The standard InChI is InChI=1S/C12H15NS/c1-9-5-6-11(10(2)7-9)14-12(3,4)8-13/h5-7H,1-4H3. The van der Waals surface area contributed by atoms with Crippen LogP contribution in [0.15, 0.2) is 23.1 Å². The van der Waals surface area contributed by atoms with Gasteiger partial charge in [-0.1, -0.05) is 17.7 Å². The largest absolute Gasteiger partial charge is 0.197 e. The normalized spacial score (nSPS) is 11.1. The SMILES string of the molecule is Cc1ccc(SC(C)(C)C#N)c(C)c1. The van der Waals surface area contributed by atoms with Crippen molar-refractivity contribution >= 4 is 11.8 Å². The Kier molecular flexibility index (Phi) is 3.23. The zero-order valence-electron chi connectivity index (χ0n) is 9.09. The van der Waals surface area contributed by atoms with Crippen molar-refractivity contribution in [1.82, 2.24) is 0 Å². The van der Waals surface area contributed by atoms with Gasteiger partial charge in [-0.3, -0.25) is 0 Å². The highest BCUT2D eigenvalue weighted by molar-refractivity contribution is 8.01. The van der Waals surface area contributed by atoms with E-state index in [1.165, 1.54) is 16.0 Å². The summed E-state index contributed by atoms with van der Waals surface area (Å²) in [6.45, 7) is 8.05. The van der Waals surface area contributed by atoms with Gasteiger partial charge in [0, 0.05) is 4.90 Å². The topological polar surface area (TPSA) is 23.8 Å². The Morgan fingerprint density at radius 3 is 2.43 bits per heavy atom. The average Bonchev–Trinajstić information content (AvgIpc) is 2.10. The lowest BCUT2D eigenvalue weighted by Gasteiger charge is -2.16. The van der Waals surface area contributed by atoms with E-state index in [0.29, 0.717) is 0 Å². The maximum absolute atomic E-state index is 8.93. The molecule has 0 aliphatic carbocycles. The van der Waals surface area contributed by atoms with Crippen LogP contribution in [0.4, 0.5) is 0 Å². The van der Waals surface area contributed by atoms with Crippen LogP contribution in [-0.4, -0.2) is 4.75 Å². The monoisotopic (exact) mass is 205 g/mol. The van der Waals surface area contributed by atoms with Crippen LogP contribution in [0, 0.1) is 25.2 Å².